The third-order valence-electron chi connectivity index (χ3n) is 4.28. The molecule has 126 valence electrons. The highest BCUT2D eigenvalue weighted by Crippen LogP contribution is 2.32. The number of aryl methyl sites for hydroxylation is 1. The first kappa shape index (κ1) is 17.5. The van der Waals surface area contributed by atoms with Gasteiger partial charge in [0.25, 0.3) is 5.91 Å². The lowest BCUT2D eigenvalue weighted by atomic mass is 10.0. The quantitative estimate of drug-likeness (QED) is 0.715. The maximum atomic E-state index is 12.4. The molecule has 5 heteroatoms. The lowest BCUT2D eigenvalue weighted by molar-refractivity contribution is -0.124. The normalized spacial score (nSPS) is 16.7. The average Bonchev–Trinajstić information content (AvgIpc) is 3.34. The van der Waals surface area contributed by atoms with E-state index in [1.165, 1.54) is 0 Å². The standard InChI is InChI=1S/C18H26N2O3/c1-11(2)16(18(23)19-10-15(21)13-8-9-13)20-17(22)14-7-5-4-6-12(14)3/h4-7,11,13,15-16,21H,8-10H2,1-3H3,(H,19,23)(H,20,22)/t15-,16+/m1/s1. The van der Waals surface area contributed by atoms with Gasteiger partial charge in [-0.15, -0.1) is 0 Å². The number of aliphatic hydroxyl groups is 1. The van der Waals surface area contributed by atoms with Crippen molar-refractivity contribution in [3.8, 4) is 0 Å². The number of rotatable bonds is 7. The Morgan fingerprint density at radius 2 is 1.91 bits per heavy atom. The van der Waals surface area contributed by atoms with Crippen LogP contribution in [0.1, 0.15) is 42.6 Å². The molecule has 0 radical (unpaired) electrons. The highest BCUT2D eigenvalue weighted by atomic mass is 16.3. The Hall–Kier alpha value is -1.88. The van der Waals surface area contributed by atoms with E-state index in [2.05, 4.69) is 10.6 Å². The van der Waals surface area contributed by atoms with E-state index >= 15 is 0 Å². The number of carbonyl (C=O) groups is 2. The van der Waals surface area contributed by atoms with Crippen LogP contribution in [-0.4, -0.2) is 35.6 Å². The van der Waals surface area contributed by atoms with Crippen molar-refractivity contribution in [3.63, 3.8) is 0 Å². The molecule has 3 N–H and O–H groups in total. The van der Waals surface area contributed by atoms with Crippen LogP contribution in [0.5, 0.6) is 0 Å². The number of carbonyl (C=O) groups excluding carboxylic acids is 2. The van der Waals surface area contributed by atoms with Gasteiger partial charge in [0.05, 0.1) is 6.10 Å². The minimum Gasteiger partial charge on any atom is -0.391 e. The number of aliphatic hydroxyl groups excluding tert-OH is 1. The van der Waals surface area contributed by atoms with E-state index in [1.807, 2.05) is 32.9 Å². The highest BCUT2D eigenvalue weighted by Gasteiger charge is 2.31. The second kappa shape index (κ2) is 7.59. The van der Waals surface area contributed by atoms with Gasteiger partial charge in [0.15, 0.2) is 0 Å². The number of amides is 2. The van der Waals surface area contributed by atoms with Crippen LogP contribution in [0.25, 0.3) is 0 Å². The lowest BCUT2D eigenvalue weighted by Crippen LogP contribution is -2.51. The Balaban J connectivity index is 1.96. The lowest BCUT2D eigenvalue weighted by Gasteiger charge is -2.23. The van der Waals surface area contributed by atoms with E-state index in [0.717, 1.165) is 18.4 Å². The molecule has 1 saturated carbocycles. The molecule has 23 heavy (non-hydrogen) atoms. The Kier molecular flexibility index (Phi) is 5.77. The first-order valence-corrected chi connectivity index (χ1v) is 8.22. The predicted molar refractivity (Wildman–Crippen MR) is 89.0 cm³/mol. The summed E-state index contributed by atoms with van der Waals surface area (Å²) < 4.78 is 0. The predicted octanol–water partition coefficient (Wildman–Crippen LogP) is 1.64. The Bertz CT molecular complexity index is 567. The minimum atomic E-state index is -0.617. The molecule has 0 bridgehead atoms. The van der Waals surface area contributed by atoms with Crippen molar-refractivity contribution in [2.45, 2.75) is 45.8 Å². The third-order valence-corrected chi connectivity index (χ3v) is 4.28. The van der Waals surface area contributed by atoms with Crippen LogP contribution in [0.3, 0.4) is 0 Å². The molecule has 2 rings (SSSR count). The summed E-state index contributed by atoms with van der Waals surface area (Å²) in [6.45, 7) is 5.89. The van der Waals surface area contributed by atoms with Crippen LogP contribution in [-0.2, 0) is 4.79 Å². The monoisotopic (exact) mass is 318 g/mol. The molecule has 0 spiro atoms. The zero-order valence-electron chi connectivity index (χ0n) is 14.0. The van der Waals surface area contributed by atoms with Gasteiger partial charge in [-0.1, -0.05) is 32.0 Å². The summed E-state index contributed by atoms with van der Waals surface area (Å²) >= 11 is 0. The highest BCUT2D eigenvalue weighted by molar-refractivity contribution is 5.98. The van der Waals surface area contributed by atoms with Gasteiger partial charge in [-0.05, 0) is 43.2 Å². The van der Waals surface area contributed by atoms with E-state index in [0.29, 0.717) is 11.5 Å². The summed E-state index contributed by atoms with van der Waals surface area (Å²) in [5, 5.41) is 15.4. The van der Waals surface area contributed by atoms with E-state index in [-0.39, 0.29) is 24.3 Å². The van der Waals surface area contributed by atoms with Crippen molar-refractivity contribution in [2.75, 3.05) is 6.54 Å². The van der Waals surface area contributed by atoms with E-state index in [1.54, 1.807) is 12.1 Å². The van der Waals surface area contributed by atoms with Crippen molar-refractivity contribution in [3.05, 3.63) is 35.4 Å². The summed E-state index contributed by atoms with van der Waals surface area (Å²) in [5.74, 6) is -0.225. The molecular weight excluding hydrogens is 292 g/mol. The molecule has 1 aliphatic carbocycles. The van der Waals surface area contributed by atoms with E-state index in [4.69, 9.17) is 0 Å². The average molecular weight is 318 g/mol. The molecule has 2 amide bonds. The fourth-order valence-corrected chi connectivity index (χ4v) is 2.54. The summed E-state index contributed by atoms with van der Waals surface area (Å²) in [6, 6.07) is 6.67. The number of hydrogen-bond donors (Lipinski definition) is 3. The van der Waals surface area contributed by atoms with Gasteiger partial charge in [0.2, 0.25) is 5.91 Å². The molecular formula is C18H26N2O3. The molecule has 0 saturated heterocycles. The molecule has 1 aliphatic rings. The Labute approximate surface area is 137 Å². The fourth-order valence-electron chi connectivity index (χ4n) is 2.54. The maximum absolute atomic E-state index is 12.4. The first-order chi connectivity index (χ1) is 10.9. The maximum Gasteiger partial charge on any atom is 0.252 e. The van der Waals surface area contributed by atoms with Crippen LogP contribution in [0, 0.1) is 18.8 Å². The summed E-state index contributed by atoms with van der Waals surface area (Å²) in [4.78, 5) is 24.7. The molecule has 0 heterocycles. The van der Waals surface area contributed by atoms with Crippen LogP contribution in [0.15, 0.2) is 24.3 Å². The second-order valence-corrected chi connectivity index (χ2v) is 6.66. The van der Waals surface area contributed by atoms with Crippen molar-refractivity contribution >= 4 is 11.8 Å². The van der Waals surface area contributed by atoms with Gasteiger partial charge in [-0.3, -0.25) is 9.59 Å². The van der Waals surface area contributed by atoms with Gasteiger partial charge in [0, 0.05) is 12.1 Å². The van der Waals surface area contributed by atoms with Crippen molar-refractivity contribution in [1.29, 1.82) is 0 Å². The largest absolute Gasteiger partial charge is 0.391 e. The fraction of sp³-hybridized carbons (Fsp3) is 0.556. The van der Waals surface area contributed by atoms with Gasteiger partial charge >= 0.3 is 0 Å². The number of hydrogen-bond acceptors (Lipinski definition) is 3. The molecule has 1 fully saturated rings. The zero-order chi connectivity index (χ0) is 17.0. The molecule has 2 atom stereocenters. The summed E-state index contributed by atoms with van der Waals surface area (Å²) in [5.41, 5.74) is 1.45. The smallest absolute Gasteiger partial charge is 0.252 e. The Morgan fingerprint density at radius 1 is 1.26 bits per heavy atom. The molecule has 0 unspecified atom stereocenters. The van der Waals surface area contributed by atoms with Crippen LogP contribution < -0.4 is 10.6 Å². The van der Waals surface area contributed by atoms with Gasteiger partial charge in [-0.2, -0.15) is 0 Å². The summed E-state index contributed by atoms with van der Waals surface area (Å²) in [6.07, 6.45) is 1.56. The zero-order valence-corrected chi connectivity index (χ0v) is 14.0. The molecule has 5 nitrogen and oxygen atoms in total. The molecule has 1 aromatic carbocycles. The van der Waals surface area contributed by atoms with Crippen LogP contribution in [0.2, 0.25) is 0 Å². The summed E-state index contributed by atoms with van der Waals surface area (Å²) in [7, 11) is 0. The Morgan fingerprint density at radius 3 is 2.48 bits per heavy atom. The van der Waals surface area contributed by atoms with Gasteiger partial charge < -0.3 is 15.7 Å². The van der Waals surface area contributed by atoms with Gasteiger partial charge in [-0.25, -0.2) is 0 Å². The third kappa shape index (κ3) is 4.79. The molecule has 1 aromatic rings. The van der Waals surface area contributed by atoms with E-state index < -0.39 is 12.1 Å². The topological polar surface area (TPSA) is 78.4 Å². The molecule has 0 aliphatic heterocycles. The SMILES string of the molecule is Cc1ccccc1C(=O)N[C@H](C(=O)NC[C@@H](O)C1CC1)C(C)C. The van der Waals surface area contributed by atoms with Gasteiger partial charge in [0.1, 0.15) is 6.04 Å². The van der Waals surface area contributed by atoms with Crippen molar-refractivity contribution < 1.29 is 14.7 Å². The van der Waals surface area contributed by atoms with Crippen LogP contribution >= 0.6 is 0 Å². The number of nitrogens with one attached hydrogen (secondary N) is 2. The molecule has 0 aromatic heterocycles. The van der Waals surface area contributed by atoms with Crippen molar-refractivity contribution in [2.24, 2.45) is 11.8 Å². The van der Waals surface area contributed by atoms with Crippen LogP contribution in [0.4, 0.5) is 0 Å². The first-order valence-electron chi connectivity index (χ1n) is 8.22. The second-order valence-electron chi connectivity index (χ2n) is 6.66. The van der Waals surface area contributed by atoms with Crippen molar-refractivity contribution in [1.82, 2.24) is 10.6 Å². The minimum absolute atomic E-state index is 0.0407. The van der Waals surface area contributed by atoms with E-state index in [9.17, 15) is 14.7 Å². The number of benzene rings is 1.